The van der Waals surface area contributed by atoms with Crippen molar-refractivity contribution < 1.29 is 14.3 Å². The molecule has 0 unspecified atom stereocenters. The van der Waals surface area contributed by atoms with Crippen molar-refractivity contribution in [3.05, 3.63) is 89.7 Å². The number of aryl methyl sites for hydroxylation is 1. The first-order valence-electron chi connectivity index (χ1n) is 8.98. The molecule has 0 spiro atoms. The molecular weight excluding hydrogens is 354 g/mol. The molecule has 1 heterocycles. The van der Waals surface area contributed by atoms with E-state index in [0.717, 1.165) is 28.2 Å². The van der Waals surface area contributed by atoms with E-state index in [9.17, 15) is 0 Å². The van der Waals surface area contributed by atoms with Crippen molar-refractivity contribution in [2.45, 2.75) is 13.5 Å². The Labute approximate surface area is 164 Å². The molecule has 2 aromatic carbocycles. The van der Waals surface area contributed by atoms with E-state index < -0.39 is 0 Å². The molecule has 0 radical (unpaired) electrons. The van der Waals surface area contributed by atoms with Gasteiger partial charge in [0.15, 0.2) is 12.4 Å². The third-order valence-electron chi connectivity index (χ3n) is 3.97. The fourth-order valence-electron chi connectivity index (χ4n) is 2.45. The monoisotopic (exact) mass is 377 g/mol. The van der Waals surface area contributed by atoms with E-state index >= 15 is 0 Å². The van der Waals surface area contributed by atoms with Crippen LogP contribution in [0.3, 0.4) is 0 Å². The topological polar surface area (TPSA) is 79.0 Å². The van der Waals surface area contributed by atoms with Gasteiger partial charge in [-0.15, -0.1) is 0 Å². The Hall–Kier alpha value is -3.54. The number of benzene rings is 2. The zero-order chi connectivity index (χ0) is 19.6. The molecule has 144 valence electrons. The van der Waals surface area contributed by atoms with Crippen molar-refractivity contribution >= 4 is 5.84 Å². The number of nitrogens with zero attached hydrogens (tertiary/aromatic N) is 2. The maximum absolute atomic E-state index is 5.96. The molecule has 6 heteroatoms. The van der Waals surface area contributed by atoms with Gasteiger partial charge in [0.2, 0.25) is 0 Å². The first kappa shape index (κ1) is 19.2. The van der Waals surface area contributed by atoms with Gasteiger partial charge in [0, 0.05) is 23.5 Å². The highest BCUT2D eigenvalue weighted by atomic mass is 16.6. The summed E-state index contributed by atoms with van der Waals surface area (Å²) < 4.78 is 11.4. The van der Waals surface area contributed by atoms with Crippen LogP contribution in [0.25, 0.3) is 0 Å². The van der Waals surface area contributed by atoms with E-state index in [1.54, 1.807) is 12.4 Å². The fourth-order valence-corrected chi connectivity index (χ4v) is 2.45. The molecular formula is C22H23N3O3. The lowest BCUT2D eigenvalue weighted by atomic mass is 10.2. The number of hydrogen-bond acceptors (Lipinski definition) is 5. The smallest absolute Gasteiger partial charge is 0.170 e. The summed E-state index contributed by atoms with van der Waals surface area (Å²) in [4.78, 5) is 9.31. The molecule has 2 N–H and O–H groups in total. The lowest BCUT2D eigenvalue weighted by Gasteiger charge is -2.08. The molecule has 0 bridgehead atoms. The van der Waals surface area contributed by atoms with Gasteiger partial charge in [0.05, 0.1) is 0 Å². The van der Waals surface area contributed by atoms with E-state index in [-0.39, 0.29) is 0 Å². The molecule has 3 rings (SSSR count). The van der Waals surface area contributed by atoms with Gasteiger partial charge in [-0.3, -0.25) is 4.98 Å². The zero-order valence-electron chi connectivity index (χ0n) is 15.7. The van der Waals surface area contributed by atoms with Gasteiger partial charge in [-0.25, -0.2) is 0 Å². The van der Waals surface area contributed by atoms with Crippen LogP contribution in [0.1, 0.15) is 16.7 Å². The number of ether oxygens (including phenoxy) is 2. The minimum absolute atomic E-state index is 0.301. The second-order valence-electron chi connectivity index (χ2n) is 6.10. The lowest BCUT2D eigenvalue weighted by molar-refractivity contribution is 0.107. The molecule has 0 atom stereocenters. The van der Waals surface area contributed by atoms with Gasteiger partial charge in [0.1, 0.15) is 24.7 Å². The Bertz CT molecular complexity index is 896. The van der Waals surface area contributed by atoms with Crippen molar-refractivity contribution in [3.8, 4) is 11.5 Å². The number of rotatable bonds is 9. The summed E-state index contributed by atoms with van der Waals surface area (Å²) in [6.07, 6.45) is 3.51. The van der Waals surface area contributed by atoms with Gasteiger partial charge in [0.25, 0.3) is 0 Å². The van der Waals surface area contributed by atoms with E-state index in [1.807, 2.05) is 67.6 Å². The third-order valence-corrected chi connectivity index (χ3v) is 3.97. The van der Waals surface area contributed by atoms with E-state index in [2.05, 4.69) is 10.1 Å². The van der Waals surface area contributed by atoms with Crippen molar-refractivity contribution in [1.29, 1.82) is 0 Å². The summed E-state index contributed by atoms with van der Waals surface area (Å²) in [5, 5.41) is 3.94. The van der Waals surface area contributed by atoms with Gasteiger partial charge in [-0.2, -0.15) is 0 Å². The summed E-state index contributed by atoms with van der Waals surface area (Å²) in [5.41, 5.74) is 8.81. The van der Waals surface area contributed by atoms with Crippen molar-refractivity contribution in [2.75, 3.05) is 13.2 Å². The predicted octanol–water partition coefficient (Wildman–Crippen LogP) is 3.68. The standard InChI is InChI=1S/C22H23N3O3/c1-17-5-2-3-7-21(17)26-13-14-28-25-22(23)19-8-10-20(11-9-19)27-16-18-6-4-12-24-15-18/h2-12,15H,13-14,16H2,1H3,(H2,23,25). The van der Waals surface area contributed by atoms with Crippen LogP contribution in [-0.2, 0) is 11.4 Å². The van der Waals surface area contributed by atoms with Gasteiger partial charge in [-0.05, 0) is 48.9 Å². The quantitative estimate of drug-likeness (QED) is 0.266. The van der Waals surface area contributed by atoms with Gasteiger partial charge < -0.3 is 20.0 Å². The zero-order valence-corrected chi connectivity index (χ0v) is 15.7. The van der Waals surface area contributed by atoms with Crippen molar-refractivity contribution in [3.63, 3.8) is 0 Å². The number of amidine groups is 1. The predicted molar refractivity (Wildman–Crippen MR) is 108 cm³/mol. The Kier molecular flexibility index (Phi) is 6.84. The normalized spacial score (nSPS) is 11.1. The average Bonchev–Trinajstić information content (AvgIpc) is 2.74. The minimum Gasteiger partial charge on any atom is -0.490 e. The minimum atomic E-state index is 0.301. The Morgan fingerprint density at radius 2 is 1.79 bits per heavy atom. The highest BCUT2D eigenvalue weighted by molar-refractivity contribution is 5.97. The van der Waals surface area contributed by atoms with Crippen molar-refractivity contribution in [2.24, 2.45) is 10.9 Å². The summed E-state index contributed by atoms with van der Waals surface area (Å²) in [6, 6.07) is 19.0. The van der Waals surface area contributed by atoms with Gasteiger partial charge >= 0.3 is 0 Å². The van der Waals surface area contributed by atoms with Crippen LogP contribution in [0.2, 0.25) is 0 Å². The number of aromatic nitrogens is 1. The number of oxime groups is 1. The molecule has 28 heavy (non-hydrogen) atoms. The lowest BCUT2D eigenvalue weighted by Crippen LogP contribution is -2.15. The summed E-state index contributed by atoms with van der Waals surface area (Å²) in [7, 11) is 0. The molecule has 0 saturated carbocycles. The Balaban J connectivity index is 1.43. The first-order valence-corrected chi connectivity index (χ1v) is 8.98. The van der Waals surface area contributed by atoms with Crippen LogP contribution in [0.15, 0.2) is 78.2 Å². The van der Waals surface area contributed by atoms with Crippen LogP contribution < -0.4 is 15.2 Å². The fraction of sp³-hybridized carbons (Fsp3) is 0.182. The van der Waals surface area contributed by atoms with Crippen LogP contribution in [0.5, 0.6) is 11.5 Å². The van der Waals surface area contributed by atoms with Crippen LogP contribution >= 0.6 is 0 Å². The first-order chi connectivity index (χ1) is 13.7. The van der Waals surface area contributed by atoms with Gasteiger partial charge in [-0.1, -0.05) is 29.4 Å². The highest BCUT2D eigenvalue weighted by Gasteiger charge is 2.02. The number of nitrogens with two attached hydrogens (primary N) is 1. The second-order valence-corrected chi connectivity index (χ2v) is 6.10. The summed E-state index contributed by atoms with van der Waals surface area (Å²) in [6.45, 7) is 3.15. The van der Waals surface area contributed by atoms with Crippen LogP contribution in [0, 0.1) is 6.92 Å². The number of hydrogen-bond donors (Lipinski definition) is 1. The maximum atomic E-state index is 5.96. The van der Waals surface area contributed by atoms with E-state index in [4.69, 9.17) is 20.0 Å². The Morgan fingerprint density at radius 3 is 2.54 bits per heavy atom. The second kappa shape index (κ2) is 9.97. The molecule has 3 aromatic rings. The Morgan fingerprint density at radius 1 is 0.964 bits per heavy atom. The van der Waals surface area contributed by atoms with E-state index in [0.29, 0.717) is 25.7 Å². The van der Waals surface area contributed by atoms with Crippen molar-refractivity contribution in [1.82, 2.24) is 4.98 Å². The molecule has 0 aliphatic rings. The molecule has 0 aliphatic carbocycles. The molecule has 6 nitrogen and oxygen atoms in total. The highest BCUT2D eigenvalue weighted by Crippen LogP contribution is 2.16. The summed E-state index contributed by atoms with van der Waals surface area (Å²) in [5.74, 6) is 1.88. The molecule has 0 saturated heterocycles. The molecule has 0 amide bonds. The number of para-hydroxylation sites is 1. The molecule has 0 fully saturated rings. The molecule has 1 aromatic heterocycles. The average molecular weight is 377 g/mol. The number of pyridine rings is 1. The van der Waals surface area contributed by atoms with Crippen LogP contribution in [0.4, 0.5) is 0 Å². The summed E-state index contributed by atoms with van der Waals surface area (Å²) >= 11 is 0. The maximum Gasteiger partial charge on any atom is 0.170 e. The SMILES string of the molecule is Cc1ccccc1OCCON=C(N)c1ccc(OCc2cccnc2)cc1. The largest absolute Gasteiger partial charge is 0.490 e. The third kappa shape index (κ3) is 5.74. The van der Waals surface area contributed by atoms with E-state index in [1.165, 1.54) is 0 Å². The molecule has 0 aliphatic heterocycles. The van der Waals surface area contributed by atoms with Crippen LogP contribution in [-0.4, -0.2) is 24.0 Å².